The van der Waals surface area contributed by atoms with Gasteiger partial charge in [-0.2, -0.15) is 0 Å². The van der Waals surface area contributed by atoms with Crippen LogP contribution in [0.15, 0.2) is 163 Å². The van der Waals surface area contributed by atoms with Crippen LogP contribution in [0, 0.1) is 13.8 Å². The Morgan fingerprint density at radius 3 is 1.83 bits per heavy atom. The minimum absolute atomic E-state index is 0.0601. The minimum atomic E-state index is 0.0601. The van der Waals surface area contributed by atoms with Crippen LogP contribution in [0.1, 0.15) is 22.6 Å². The van der Waals surface area contributed by atoms with Gasteiger partial charge in [-0.25, -0.2) is 0 Å². The van der Waals surface area contributed by atoms with Crippen molar-refractivity contribution in [3.8, 4) is 11.4 Å². The van der Waals surface area contributed by atoms with Crippen LogP contribution in [0.25, 0.3) is 55.0 Å². The number of aryl methyl sites for hydroxylation is 2. The summed E-state index contributed by atoms with van der Waals surface area (Å²) in [5.41, 5.74) is 12.9. The van der Waals surface area contributed by atoms with Gasteiger partial charge >= 0.3 is 0 Å². The summed E-state index contributed by atoms with van der Waals surface area (Å²) in [5, 5.41) is 5.10. The van der Waals surface area contributed by atoms with Crippen molar-refractivity contribution in [2.75, 3.05) is 0 Å². The molecule has 2 heterocycles. The molecule has 2 aromatic heterocycles. The maximum atomic E-state index is 5.11. The lowest BCUT2D eigenvalue weighted by Gasteiger charge is -2.20. The van der Waals surface area contributed by atoms with Crippen molar-refractivity contribution in [1.29, 1.82) is 0 Å². The van der Waals surface area contributed by atoms with Crippen LogP contribution in [0.3, 0.4) is 0 Å². The third-order valence-corrected chi connectivity index (χ3v) is 9.63. The van der Waals surface area contributed by atoms with E-state index in [4.69, 9.17) is 4.99 Å². The molecule has 3 heteroatoms. The molecule has 1 aliphatic rings. The van der Waals surface area contributed by atoms with Crippen molar-refractivity contribution in [3.05, 3.63) is 174 Å². The van der Waals surface area contributed by atoms with Gasteiger partial charge in [-0.3, -0.25) is 4.99 Å². The lowest BCUT2D eigenvalue weighted by Crippen LogP contribution is -2.12. The Kier molecular flexibility index (Phi) is 6.32. The van der Waals surface area contributed by atoms with E-state index in [1.54, 1.807) is 0 Å². The molecular formula is C44H33N3. The lowest BCUT2D eigenvalue weighted by atomic mass is 9.87. The molecule has 0 saturated carbocycles. The predicted octanol–water partition coefficient (Wildman–Crippen LogP) is 11.5. The SMILES string of the molecule is Cc1ccc(/N=C2\C=CC=CC2c2cc(-n3c4ccccc4c4c5c6ccccc6n(-c6ccccc6)c5ccc43)ccc2C)cc1. The largest absolute Gasteiger partial charge is 0.309 e. The fraction of sp³-hybridized carbons (Fsp3) is 0.0682. The zero-order valence-corrected chi connectivity index (χ0v) is 26.4. The molecule has 0 bridgehead atoms. The van der Waals surface area contributed by atoms with Gasteiger partial charge in [0.25, 0.3) is 0 Å². The highest BCUT2D eigenvalue weighted by Crippen LogP contribution is 2.42. The van der Waals surface area contributed by atoms with Crippen LogP contribution in [-0.2, 0) is 0 Å². The number of para-hydroxylation sites is 3. The van der Waals surface area contributed by atoms with E-state index in [9.17, 15) is 0 Å². The van der Waals surface area contributed by atoms with Gasteiger partial charge in [0.05, 0.1) is 33.5 Å². The second-order valence-corrected chi connectivity index (χ2v) is 12.5. The molecule has 0 amide bonds. The molecule has 0 fully saturated rings. The number of rotatable bonds is 4. The van der Waals surface area contributed by atoms with E-state index in [1.807, 2.05) is 0 Å². The second-order valence-electron chi connectivity index (χ2n) is 12.5. The molecule has 9 rings (SSSR count). The average Bonchev–Trinajstić information content (AvgIpc) is 3.63. The van der Waals surface area contributed by atoms with E-state index in [1.165, 1.54) is 66.0 Å². The van der Waals surface area contributed by atoms with Gasteiger partial charge in [0.2, 0.25) is 0 Å². The molecule has 0 aliphatic heterocycles. The van der Waals surface area contributed by atoms with Crippen LogP contribution < -0.4 is 0 Å². The lowest BCUT2D eigenvalue weighted by molar-refractivity contribution is 1.08. The molecule has 8 aromatic rings. The van der Waals surface area contributed by atoms with E-state index >= 15 is 0 Å². The molecular weight excluding hydrogens is 571 g/mol. The van der Waals surface area contributed by atoms with Gasteiger partial charge < -0.3 is 9.13 Å². The Morgan fingerprint density at radius 1 is 0.532 bits per heavy atom. The van der Waals surface area contributed by atoms with E-state index in [0.717, 1.165) is 17.1 Å². The van der Waals surface area contributed by atoms with Gasteiger partial charge in [-0.15, -0.1) is 0 Å². The molecule has 0 spiro atoms. The number of aromatic nitrogens is 2. The third kappa shape index (κ3) is 4.39. The summed E-state index contributed by atoms with van der Waals surface area (Å²) in [4.78, 5) is 5.11. The van der Waals surface area contributed by atoms with Crippen LogP contribution >= 0.6 is 0 Å². The van der Waals surface area contributed by atoms with Crippen LogP contribution in [0.2, 0.25) is 0 Å². The van der Waals surface area contributed by atoms with Gasteiger partial charge in [0, 0.05) is 38.8 Å². The van der Waals surface area contributed by atoms with Crippen LogP contribution in [0.4, 0.5) is 5.69 Å². The van der Waals surface area contributed by atoms with E-state index in [0.29, 0.717) is 0 Å². The molecule has 224 valence electrons. The smallest absolute Gasteiger partial charge is 0.0633 e. The first-order valence-electron chi connectivity index (χ1n) is 16.3. The first kappa shape index (κ1) is 27.4. The highest BCUT2D eigenvalue weighted by molar-refractivity contribution is 6.28. The maximum Gasteiger partial charge on any atom is 0.0633 e. The fourth-order valence-corrected chi connectivity index (χ4v) is 7.42. The average molecular weight is 604 g/mol. The summed E-state index contributed by atoms with van der Waals surface area (Å²) in [6, 6.07) is 48.3. The minimum Gasteiger partial charge on any atom is -0.309 e. The molecule has 6 aromatic carbocycles. The van der Waals surface area contributed by atoms with Crippen molar-refractivity contribution in [2.24, 2.45) is 4.99 Å². The topological polar surface area (TPSA) is 22.2 Å². The fourth-order valence-electron chi connectivity index (χ4n) is 7.42. The molecule has 0 radical (unpaired) electrons. The number of hydrogen-bond donors (Lipinski definition) is 0. The summed E-state index contributed by atoms with van der Waals surface area (Å²) in [5.74, 6) is 0.0601. The normalized spacial score (nSPS) is 15.5. The number of benzene rings is 6. The summed E-state index contributed by atoms with van der Waals surface area (Å²) >= 11 is 0. The molecule has 0 saturated heterocycles. The van der Waals surface area contributed by atoms with E-state index in [-0.39, 0.29) is 5.92 Å². The van der Waals surface area contributed by atoms with Crippen molar-refractivity contribution < 1.29 is 0 Å². The first-order valence-corrected chi connectivity index (χ1v) is 16.3. The summed E-state index contributed by atoms with van der Waals surface area (Å²) in [7, 11) is 0. The van der Waals surface area contributed by atoms with Crippen molar-refractivity contribution in [1.82, 2.24) is 9.13 Å². The third-order valence-electron chi connectivity index (χ3n) is 9.63. The van der Waals surface area contributed by atoms with E-state index in [2.05, 4.69) is 181 Å². The molecule has 0 N–H and O–H groups in total. The highest BCUT2D eigenvalue weighted by Gasteiger charge is 2.22. The van der Waals surface area contributed by atoms with Crippen molar-refractivity contribution >= 4 is 55.0 Å². The summed E-state index contributed by atoms with van der Waals surface area (Å²) in [6.45, 7) is 4.32. The Hall–Kier alpha value is -5.93. The molecule has 1 atom stereocenters. The molecule has 1 unspecified atom stereocenters. The zero-order chi connectivity index (χ0) is 31.5. The number of fused-ring (bicyclic) bond motifs is 7. The number of allylic oxidation sites excluding steroid dienone is 4. The Bertz CT molecular complexity index is 2570. The number of hydrogen-bond acceptors (Lipinski definition) is 1. The van der Waals surface area contributed by atoms with E-state index < -0.39 is 0 Å². The predicted molar refractivity (Wildman–Crippen MR) is 199 cm³/mol. The number of nitrogens with zero attached hydrogens (tertiary/aromatic N) is 3. The van der Waals surface area contributed by atoms with Crippen LogP contribution in [0.5, 0.6) is 0 Å². The Labute approximate surface area is 274 Å². The van der Waals surface area contributed by atoms with Gasteiger partial charge in [0.15, 0.2) is 0 Å². The zero-order valence-electron chi connectivity index (χ0n) is 26.4. The Morgan fingerprint density at radius 2 is 1.15 bits per heavy atom. The highest BCUT2D eigenvalue weighted by atomic mass is 15.0. The quantitative estimate of drug-likeness (QED) is 0.191. The van der Waals surface area contributed by atoms with Gasteiger partial charge in [0.1, 0.15) is 0 Å². The van der Waals surface area contributed by atoms with Crippen molar-refractivity contribution in [3.63, 3.8) is 0 Å². The summed E-state index contributed by atoms with van der Waals surface area (Å²) < 4.78 is 4.85. The monoisotopic (exact) mass is 603 g/mol. The maximum absolute atomic E-state index is 5.11. The van der Waals surface area contributed by atoms with Gasteiger partial charge in [-0.1, -0.05) is 96.6 Å². The first-order chi connectivity index (χ1) is 23.2. The molecule has 1 aliphatic carbocycles. The summed E-state index contributed by atoms with van der Waals surface area (Å²) in [6.07, 6.45) is 8.65. The Balaban J connectivity index is 1.29. The second kappa shape index (κ2) is 10.9. The number of aliphatic imine (C=N–C) groups is 1. The van der Waals surface area contributed by atoms with Gasteiger partial charge in [-0.05, 0) is 91.7 Å². The van der Waals surface area contributed by atoms with Crippen molar-refractivity contribution in [2.45, 2.75) is 19.8 Å². The molecule has 3 nitrogen and oxygen atoms in total. The standard InChI is InChI=1S/C44H33N3/c1-29-20-23-31(24-21-29)45-38-17-9-6-14-34(38)37-28-33(25-22-30(37)2)47-40-19-11-8-16-36(40)44-42(47)27-26-41-43(44)35-15-7-10-18-39(35)46(41)32-12-4-3-5-13-32/h3-28,34H,1-2H3/b45-38+. The van der Waals surface area contributed by atoms with Crippen LogP contribution in [-0.4, -0.2) is 14.8 Å². The molecule has 47 heavy (non-hydrogen) atoms.